The van der Waals surface area contributed by atoms with Crippen LogP contribution < -0.4 is 0 Å². The van der Waals surface area contributed by atoms with Crippen molar-refractivity contribution in [2.45, 2.75) is 32.7 Å². The number of nitrogens with zero attached hydrogens (tertiary/aromatic N) is 3. The first-order valence-electron chi connectivity index (χ1n) is 10.3. The zero-order valence-corrected chi connectivity index (χ0v) is 16.4. The van der Waals surface area contributed by atoms with E-state index in [-0.39, 0.29) is 0 Å². The van der Waals surface area contributed by atoms with Crippen LogP contribution in [0.2, 0.25) is 0 Å². The Morgan fingerprint density at radius 1 is 1.11 bits per heavy atom. The highest BCUT2D eigenvalue weighted by molar-refractivity contribution is 5.46. The highest BCUT2D eigenvalue weighted by Gasteiger charge is 2.31. The van der Waals surface area contributed by atoms with E-state index in [1.165, 1.54) is 56.6 Å². The third-order valence-electron chi connectivity index (χ3n) is 6.14. The van der Waals surface area contributed by atoms with E-state index in [0.29, 0.717) is 0 Å². The van der Waals surface area contributed by atoms with Crippen molar-refractivity contribution in [1.82, 2.24) is 14.8 Å². The maximum Gasteiger partial charge on any atom is 0.126 e. The van der Waals surface area contributed by atoms with Gasteiger partial charge in [0, 0.05) is 32.0 Å². The lowest BCUT2D eigenvalue weighted by molar-refractivity contribution is 0.142. The molecule has 1 unspecified atom stereocenters. The average Bonchev–Trinajstić information content (AvgIpc) is 3.35. The van der Waals surface area contributed by atoms with E-state index in [1.807, 2.05) is 30.6 Å². The summed E-state index contributed by atoms with van der Waals surface area (Å²) in [6.45, 7) is 9.29. The number of hydrogen-bond acceptors (Lipinski definition) is 4. The lowest BCUT2D eigenvalue weighted by atomic mass is 9.83. The Morgan fingerprint density at radius 3 is 2.67 bits per heavy atom. The van der Waals surface area contributed by atoms with E-state index in [0.717, 1.165) is 30.7 Å². The lowest BCUT2D eigenvalue weighted by Crippen LogP contribution is -2.36. The molecule has 1 atom stereocenters. The van der Waals surface area contributed by atoms with Gasteiger partial charge in [0.25, 0.3) is 0 Å². The fourth-order valence-electron chi connectivity index (χ4n) is 4.74. The van der Waals surface area contributed by atoms with Crippen LogP contribution in [-0.2, 0) is 6.54 Å². The number of pyridine rings is 1. The summed E-state index contributed by atoms with van der Waals surface area (Å²) in [6.07, 6.45) is 11.8. The van der Waals surface area contributed by atoms with Gasteiger partial charge in [-0.3, -0.25) is 14.8 Å². The predicted molar refractivity (Wildman–Crippen MR) is 109 cm³/mol. The number of rotatable bonds is 6. The molecule has 27 heavy (non-hydrogen) atoms. The highest BCUT2D eigenvalue weighted by atomic mass is 16.3. The fourth-order valence-corrected chi connectivity index (χ4v) is 4.74. The van der Waals surface area contributed by atoms with Crippen molar-refractivity contribution in [3.05, 3.63) is 59.8 Å². The van der Waals surface area contributed by atoms with Gasteiger partial charge in [-0.15, -0.1) is 0 Å². The minimum Gasteiger partial charge on any atom is -0.465 e. The average molecular weight is 366 g/mol. The van der Waals surface area contributed by atoms with E-state index in [4.69, 9.17) is 4.42 Å². The molecule has 2 aromatic heterocycles. The standard InChI is InChI=1S/C23H31N3O/c1-19(14-23-5-3-13-27-23)16-26-12-8-22(18-26)21-6-10-25(11-7-21)17-20-4-2-9-24-15-20/h2-5,9,13-15,21-22H,6-8,10-12,16-18H2,1H3/b19-14+. The smallest absolute Gasteiger partial charge is 0.126 e. The molecule has 0 N–H and O–H groups in total. The number of hydrogen-bond donors (Lipinski definition) is 0. The summed E-state index contributed by atoms with van der Waals surface area (Å²) < 4.78 is 5.43. The lowest BCUT2D eigenvalue weighted by Gasteiger charge is -2.35. The normalized spacial score (nSPS) is 23.1. The van der Waals surface area contributed by atoms with Gasteiger partial charge >= 0.3 is 0 Å². The first-order valence-corrected chi connectivity index (χ1v) is 10.3. The Morgan fingerprint density at radius 2 is 1.93 bits per heavy atom. The highest BCUT2D eigenvalue weighted by Crippen LogP contribution is 2.32. The Kier molecular flexibility index (Phi) is 6.05. The second-order valence-corrected chi connectivity index (χ2v) is 8.26. The Hall–Kier alpha value is -1.91. The Bertz CT molecular complexity index is 717. The van der Waals surface area contributed by atoms with E-state index < -0.39 is 0 Å². The topological polar surface area (TPSA) is 32.5 Å². The summed E-state index contributed by atoms with van der Waals surface area (Å²) in [5.41, 5.74) is 2.72. The van der Waals surface area contributed by atoms with Crippen molar-refractivity contribution >= 4 is 6.08 Å². The van der Waals surface area contributed by atoms with Gasteiger partial charge in [-0.25, -0.2) is 0 Å². The molecule has 0 bridgehead atoms. The molecule has 0 aromatic carbocycles. The monoisotopic (exact) mass is 365 g/mol. The van der Waals surface area contributed by atoms with Gasteiger partial charge in [0.15, 0.2) is 0 Å². The van der Waals surface area contributed by atoms with E-state index >= 15 is 0 Å². The van der Waals surface area contributed by atoms with Gasteiger partial charge < -0.3 is 4.42 Å². The summed E-state index contributed by atoms with van der Waals surface area (Å²) in [5.74, 6) is 2.74. The minimum absolute atomic E-state index is 0.877. The molecular formula is C23H31N3O. The van der Waals surface area contributed by atoms with Crippen LogP contribution in [0.1, 0.15) is 37.5 Å². The third kappa shape index (κ3) is 5.08. The van der Waals surface area contributed by atoms with Crippen LogP contribution in [0.4, 0.5) is 0 Å². The van der Waals surface area contributed by atoms with Crippen LogP contribution in [0.5, 0.6) is 0 Å². The van der Waals surface area contributed by atoms with Crippen molar-refractivity contribution in [1.29, 1.82) is 0 Å². The molecule has 0 saturated carbocycles. The molecule has 0 amide bonds. The summed E-state index contributed by atoms with van der Waals surface area (Å²) in [7, 11) is 0. The molecule has 0 radical (unpaired) electrons. The van der Waals surface area contributed by atoms with Gasteiger partial charge in [-0.05, 0) is 87.5 Å². The van der Waals surface area contributed by atoms with Crippen LogP contribution in [0.15, 0.2) is 52.9 Å². The quantitative estimate of drug-likeness (QED) is 0.763. The molecule has 0 spiro atoms. The summed E-state index contributed by atoms with van der Waals surface area (Å²) in [5, 5.41) is 0. The molecule has 4 heterocycles. The maximum absolute atomic E-state index is 5.43. The first kappa shape index (κ1) is 18.5. The van der Waals surface area contributed by atoms with Crippen LogP contribution in [0.3, 0.4) is 0 Å². The molecule has 2 aromatic rings. The van der Waals surface area contributed by atoms with Gasteiger partial charge in [0.05, 0.1) is 6.26 Å². The third-order valence-corrected chi connectivity index (χ3v) is 6.14. The molecule has 2 aliphatic heterocycles. The van der Waals surface area contributed by atoms with Crippen molar-refractivity contribution in [2.24, 2.45) is 11.8 Å². The second-order valence-electron chi connectivity index (χ2n) is 8.26. The van der Waals surface area contributed by atoms with Crippen LogP contribution in [0.25, 0.3) is 6.08 Å². The predicted octanol–water partition coefficient (Wildman–Crippen LogP) is 4.31. The van der Waals surface area contributed by atoms with Gasteiger partial charge in [0.1, 0.15) is 5.76 Å². The molecule has 4 nitrogen and oxygen atoms in total. The van der Waals surface area contributed by atoms with Crippen LogP contribution in [-0.4, -0.2) is 47.5 Å². The van der Waals surface area contributed by atoms with Crippen LogP contribution >= 0.6 is 0 Å². The van der Waals surface area contributed by atoms with Gasteiger partial charge in [0.2, 0.25) is 0 Å². The maximum atomic E-state index is 5.43. The number of furan rings is 1. The van der Waals surface area contributed by atoms with Gasteiger partial charge in [-0.1, -0.05) is 11.6 Å². The molecule has 2 fully saturated rings. The van der Waals surface area contributed by atoms with Crippen molar-refractivity contribution < 1.29 is 4.42 Å². The zero-order chi connectivity index (χ0) is 18.5. The number of piperidine rings is 1. The first-order chi connectivity index (χ1) is 13.3. The largest absolute Gasteiger partial charge is 0.465 e. The van der Waals surface area contributed by atoms with Crippen molar-refractivity contribution in [3.63, 3.8) is 0 Å². The van der Waals surface area contributed by atoms with Crippen LogP contribution in [0, 0.1) is 11.8 Å². The molecule has 0 aliphatic carbocycles. The number of aromatic nitrogens is 1. The molecule has 2 saturated heterocycles. The fraction of sp³-hybridized carbons (Fsp3) is 0.522. The molecule has 144 valence electrons. The Balaban J connectivity index is 1.22. The van der Waals surface area contributed by atoms with Crippen molar-refractivity contribution in [3.8, 4) is 0 Å². The summed E-state index contributed by atoms with van der Waals surface area (Å²) in [4.78, 5) is 9.46. The molecule has 4 heteroatoms. The van der Waals surface area contributed by atoms with E-state index in [9.17, 15) is 0 Å². The van der Waals surface area contributed by atoms with Crippen molar-refractivity contribution in [2.75, 3.05) is 32.7 Å². The molecule has 4 rings (SSSR count). The molecule has 2 aliphatic rings. The zero-order valence-electron chi connectivity index (χ0n) is 16.4. The minimum atomic E-state index is 0.877. The van der Waals surface area contributed by atoms with E-state index in [1.54, 1.807) is 6.26 Å². The van der Waals surface area contributed by atoms with E-state index in [2.05, 4.69) is 33.8 Å². The van der Waals surface area contributed by atoms with Gasteiger partial charge in [-0.2, -0.15) is 0 Å². The molecular weight excluding hydrogens is 334 g/mol. The SMILES string of the molecule is C/C(=C\c1ccco1)CN1CCC(C2CCN(Cc3cccnc3)CC2)C1. The summed E-state index contributed by atoms with van der Waals surface area (Å²) >= 11 is 0. The Labute approximate surface area is 162 Å². The second kappa shape index (κ2) is 8.85. The number of likely N-dealkylation sites (tertiary alicyclic amines) is 2. The summed E-state index contributed by atoms with van der Waals surface area (Å²) in [6, 6.07) is 8.20.